The number of H-pyrrole nitrogens is 1. The van der Waals surface area contributed by atoms with E-state index in [1.54, 1.807) is 6.08 Å². The van der Waals surface area contributed by atoms with Crippen LogP contribution >= 0.6 is 0 Å². The lowest BCUT2D eigenvalue weighted by atomic mass is 10.0. The number of hydrogen-bond donors (Lipinski definition) is 2. The van der Waals surface area contributed by atoms with Gasteiger partial charge in [-0.2, -0.15) is 0 Å². The molecule has 0 aliphatic rings. The fraction of sp³-hybridized carbons (Fsp3) is 0.429. The summed E-state index contributed by atoms with van der Waals surface area (Å²) in [5, 5.41) is 0. The Kier molecular flexibility index (Phi) is 12.0. The summed E-state index contributed by atoms with van der Waals surface area (Å²) in [7, 11) is 0. The molecule has 2 heterocycles. The topological polar surface area (TPSA) is 67.6 Å². The zero-order valence-corrected chi connectivity index (χ0v) is 16.6. The first-order valence-corrected chi connectivity index (χ1v) is 9.05. The van der Waals surface area contributed by atoms with Gasteiger partial charge in [0.25, 0.3) is 0 Å². The highest BCUT2D eigenvalue weighted by atomic mass is 14.9. The molecule has 138 valence electrons. The molecular formula is C21H34N4. The Morgan fingerprint density at radius 3 is 2.44 bits per heavy atom. The van der Waals surface area contributed by atoms with E-state index in [9.17, 15) is 0 Å². The van der Waals surface area contributed by atoms with Gasteiger partial charge in [0.15, 0.2) is 0 Å². The summed E-state index contributed by atoms with van der Waals surface area (Å²) in [4.78, 5) is 11.7. The van der Waals surface area contributed by atoms with E-state index in [1.165, 1.54) is 11.3 Å². The molecule has 0 aliphatic heterocycles. The van der Waals surface area contributed by atoms with E-state index in [0.717, 1.165) is 23.6 Å². The van der Waals surface area contributed by atoms with Gasteiger partial charge >= 0.3 is 0 Å². The number of imidazole rings is 1. The van der Waals surface area contributed by atoms with Gasteiger partial charge in [0.05, 0.1) is 17.9 Å². The third-order valence-electron chi connectivity index (χ3n) is 3.38. The number of nitrogens with one attached hydrogen (secondary N) is 1. The van der Waals surface area contributed by atoms with Crippen molar-refractivity contribution in [3.05, 3.63) is 59.5 Å². The Morgan fingerprint density at radius 1 is 1.32 bits per heavy atom. The Morgan fingerprint density at radius 2 is 2.00 bits per heavy atom. The number of hydrogen-bond acceptors (Lipinski definition) is 3. The molecule has 2 aromatic heterocycles. The number of nitrogens with two attached hydrogens (primary N) is 1. The fourth-order valence-electron chi connectivity index (χ4n) is 2.27. The molecule has 0 saturated heterocycles. The summed E-state index contributed by atoms with van der Waals surface area (Å²) >= 11 is 0. The molecule has 4 heteroatoms. The maximum atomic E-state index is 5.43. The first kappa shape index (κ1) is 22.8. The highest BCUT2D eigenvalue weighted by molar-refractivity contribution is 5.58. The molecule has 25 heavy (non-hydrogen) atoms. The van der Waals surface area contributed by atoms with Crippen LogP contribution < -0.4 is 5.73 Å². The molecule has 0 atom stereocenters. The summed E-state index contributed by atoms with van der Waals surface area (Å²) in [6.45, 7) is 16.6. The largest absolute Gasteiger partial charge is 0.341 e. The van der Waals surface area contributed by atoms with Gasteiger partial charge in [-0.1, -0.05) is 53.3 Å². The first-order chi connectivity index (χ1) is 12.1. The highest BCUT2D eigenvalue weighted by Gasteiger charge is 2.04. The SMILES string of the molecule is C=Cc1nc(CN)[nH]c1/C=C\C.CC.CCc1cccnc1C(C)C. The van der Waals surface area contributed by atoms with Crippen LogP contribution in [0.15, 0.2) is 31.0 Å². The Labute approximate surface area is 153 Å². The Bertz CT molecular complexity index is 639. The normalized spacial score (nSPS) is 10.1. The van der Waals surface area contributed by atoms with E-state index in [0.29, 0.717) is 12.5 Å². The number of aromatic amines is 1. The third-order valence-corrected chi connectivity index (χ3v) is 3.38. The van der Waals surface area contributed by atoms with Gasteiger partial charge in [0.1, 0.15) is 5.82 Å². The summed E-state index contributed by atoms with van der Waals surface area (Å²) in [5.74, 6) is 1.34. The van der Waals surface area contributed by atoms with Crippen LogP contribution in [0.25, 0.3) is 12.2 Å². The molecule has 0 aliphatic carbocycles. The second kappa shape index (κ2) is 13.1. The second-order valence-electron chi connectivity index (χ2n) is 5.45. The molecule has 4 nitrogen and oxygen atoms in total. The summed E-state index contributed by atoms with van der Waals surface area (Å²) in [6, 6.07) is 4.16. The summed E-state index contributed by atoms with van der Waals surface area (Å²) in [5.41, 5.74) is 9.87. The smallest absolute Gasteiger partial charge is 0.121 e. The van der Waals surface area contributed by atoms with Gasteiger partial charge in [0, 0.05) is 11.9 Å². The van der Waals surface area contributed by atoms with Crippen LogP contribution in [0, 0.1) is 0 Å². The molecule has 3 N–H and O–H groups in total. The quantitative estimate of drug-likeness (QED) is 0.771. The molecular weight excluding hydrogens is 308 g/mol. The molecule has 0 saturated carbocycles. The van der Waals surface area contributed by atoms with E-state index in [-0.39, 0.29) is 0 Å². The van der Waals surface area contributed by atoms with Gasteiger partial charge < -0.3 is 10.7 Å². The number of nitrogens with zero attached hydrogens (tertiary/aromatic N) is 2. The van der Waals surface area contributed by atoms with Gasteiger partial charge in [-0.25, -0.2) is 4.98 Å². The molecule has 0 fully saturated rings. The van der Waals surface area contributed by atoms with Crippen molar-refractivity contribution in [3.63, 3.8) is 0 Å². The minimum Gasteiger partial charge on any atom is -0.341 e. The van der Waals surface area contributed by atoms with Crippen molar-refractivity contribution in [1.29, 1.82) is 0 Å². The Hall–Kier alpha value is -2.20. The monoisotopic (exact) mass is 342 g/mol. The molecule has 2 rings (SSSR count). The predicted octanol–water partition coefficient (Wildman–Crippen LogP) is 5.34. The van der Waals surface area contributed by atoms with Crippen molar-refractivity contribution < 1.29 is 0 Å². The van der Waals surface area contributed by atoms with Crippen LogP contribution in [-0.4, -0.2) is 15.0 Å². The van der Waals surface area contributed by atoms with Crippen molar-refractivity contribution >= 4 is 12.2 Å². The molecule has 0 spiro atoms. The van der Waals surface area contributed by atoms with E-state index < -0.39 is 0 Å². The van der Waals surface area contributed by atoms with Gasteiger partial charge in [-0.3, -0.25) is 4.98 Å². The van der Waals surface area contributed by atoms with E-state index in [4.69, 9.17) is 5.73 Å². The molecule has 0 amide bonds. The van der Waals surface area contributed by atoms with Crippen LogP contribution in [0.2, 0.25) is 0 Å². The van der Waals surface area contributed by atoms with Crippen LogP contribution in [0.5, 0.6) is 0 Å². The summed E-state index contributed by atoms with van der Waals surface area (Å²) in [6.07, 6.45) is 8.56. The first-order valence-electron chi connectivity index (χ1n) is 9.05. The van der Waals surface area contributed by atoms with Crippen molar-refractivity contribution in [2.45, 2.75) is 60.4 Å². The van der Waals surface area contributed by atoms with E-state index >= 15 is 0 Å². The van der Waals surface area contributed by atoms with Crippen LogP contribution in [0.4, 0.5) is 0 Å². The van der Waals surface area contributed by atoms with Gasteiger partial charge in [-0.15, -0.1) is 0 Å². The van der Waals surface area contributed by atoms with E-state index in [1.807, 2.05) is 45.2 Å². The van der Waals surface area contributed by atoms with Crippen molar-refractivity contribution in [3.8, 4) is 0 Å². The molecule has 2 aromatic rings. The maximum absolute atomic E-state index is 5.43. The van der Waals surface area contributed by atoms with Crippen LogP contribution in [-0.2, 0) is 13.0 Å². The van der Waals surface area contributed by atoms with Crippen LogP contribution in [0.1, 0.15) is 75.9 Å². The number of allylic oxidation sites excluding steroid dienone is 1. The maximum Gasteiger partial charge on any atom is 0.121 e. The molecule has 0 unspecified atom stereocenters. The van der Waals surface area contributed by atoms with Crippen molar-refractivity contribution in [1.82, 2.24) is 15.0 Å². The molecule has 0 aromatic carbocycles. The highest BCUT2D eigenvalue weighted by Crippen LogP contribution is 2.16. The average molecular weight is 343 g/mol. The predicted molar refractivity (Wildman–Crippen MR) is 110 cm³/mol. The van der Waals surface area contributed by atoms with Gasteiger partial charge in [-0.05, 0) is 43.0 Å². The number of pyridine rings is 1. The zero-order valence-electron chi connectivity index (χ0n) is 16.6. The number of rotatable bonds is 5. The number of aryl methyl sites for hydroxylation is 1. The zero-order chi connectivity index (χ0) is 19.2. The van der Waals surface area contributed by atoms with Crippen LogP contribution in [0.3, 0.4) is 0 Å². The minimum absolute atomic E-state index is 0.429. The average Bonchev–Trinajstić information content (AvgIpc) is 3.06. The fourth-order valence-corrected chi connectivity index (χ4v) is 2.27. The molecule has 0 bridgehead atoms. The van der Waals surface area contributed by atoms with Crippen molar-refractivity contribution in [2.75, 3.05) is 0 Å². The standard InChI is InChI=1S/C10H15N.C9H13N3.C2H6/c1-4-9-6-5-7-11-10(9)8(2)3;1-3-5-8-7(4-2)11-9(6-10)12-8;1-2/h5-8H,4H2,1-3H3;3-5H,2,6,10H2,1H3,(H,11,12);1-2H3/b;5-3-;. The second-order valence-corrected chi connectivity index (χ2v) is 5.45. The Balaban J connectivity index is 0.000000421. The molecule has 0 radical (unpaired) electrons. The lowest BCUT2D eigenvalue weighted by Crippen LogP contribution is -1.97. The third kappa shape index (κ3) is 7.48. The minimum atomic E-state index is 0.429. The van der Waals surface area contributed by atoms with Crippen molar-refractivity contribution in [2.24, 2.45) is 5.73 Å². The lowest BCUT2D eigenvalue weighted by Gasteiger charge is -2.08. The summed E-state index contributed by atoms with van der Waals surface area (Å²) < 4.78 is 0. The van der Waals surface area contributed by atoms with Gasteiger partial charge in [0.2, 0.25) is 0 Å². The lowest BCUT2D eigenvalue weighted by molar-refractivity contribution is 0.800. The number of aromatic nitrogens is 3. The van der Waals surface area contributed by atoms with E-state index in [2.05, 4.69) is 48.4 Å².